The van der Waals surface area contributed by atoms with Gasteiger partial charge in [0, 0.05) is 32.6 Å². The number of nitrogens with zero attached hydrogens (tertiary/aromatic N) is 6. The molecule has 1 aliphatic heterocycles. The molecule has 0 unspecified atom stereocenters. The molecule has 0 radical (unpaired) electrons. The predicted octanol–water partition coefficient (Wildman–Crippen LogP) is 1.35. The lowest BCUT2D eigenvalue weighted by Gasteiger charge is -2.34. The van der Waals surface area contributed by atoms with Crippen molar-refractivity contribution in [3.8, 4) is 5.75 Å². The van der Waals surface area contributed by atoms with Gasteiger partial charge < -0.3 is 9.64 Å². The first-order valence-electron chi connectivity index (χ1n) is 9.24. The summed E-state index contributed by atoms with van der Waals surface area (Å²) < 4.78 is 47.6. The summed E-state index contributed by atoms with van der Waals surface area (Å²) in [6.07, 6.45) is 0.710. The van der Waals surface area contributed by atoms with Gasteiger partial charge in [0.25, 0.3) is 0 Å². The highest BCUT2D eigenvalue weighted by molar-refractivity contribution is 7.89. The number of benzene rings is 1. The second-order valence-corrected chi connectivity index (χ2v) is 8.56. The maximum absolute atomic E-state index is 14.0. The number of piperazine rings is 1. The Morgan fingerprint density at radius 2 is 1.86 bits per heavy atom. The van der Waals surface area contributed by atoms with Crippen LogP contribution in [0, 0.1) is 5.82 Å². The summed E-state index contributed by atoms with van der Waals surface area (Å²) >= 11 is 0. The Labute approximate surface area is 167 Å². The third-order valence-electron chi connectivity index (χ3n) is 4.95. The molecule has 9 nitrogen and oxygen atoms in total. The Hall–Kier alpha value is -2.79. The molecule has 1 saturated heterocycles. The molecule has 154 valence electrons. The Balaban J connectivity index is 1.51. The lowest BCUT2D eigenvalue weighted by molar-refractivity contribution is 0.379. The van der Waals surface area contributed by atoms with Crippen LogP contribution in [0.5, 0.6) is 5.75 Å². The highest BCUT2D eigenvalue weighted by Gasteiger charge is 2.30. The standard InChI is InChI=1S/C18H21FN6O3S/c1-3-16-20-21-17-6-7-18(22-25(16)17)23-8-10-24(11-9-23)29(26,27)13-4-5-15(28-2)14(19)12-13/h4-7,12H,3,8-11H2,1-2H3. The number of hydrogen-bond donors (Lipinski definition) is 0. The molecule has 3 heterocycles. The van der Waals surface area contributed by atoms with E-state index in [0.29, 0.717) is 25.2 Å². The first-order valence-corrected chi connectivity index (χ1v) is 10.7. The van der Waals surface area contributed by atoms with Crippen LogP contribution in [0.4, 0.5) is 10.2 Å². The van der Waals surface area contributed by atoms with Crippen LogP contribution in [-0.4, -0.2) is 65.8 Å². The van der Waals surface area contributed by atoms with Crippen LogP contribution in [0.25, 0.3) is 5.65 Å². The number of ether oxygens (including phenoxy) is 1. The number of sulfonamides is 1. The van der Waals surface area contributed by atoms with Crippen molar-refractivity contribution in [3.63, 3.8) is 0 Å². The zero-order chi connectivity index (χ0) is 20.6. The average molecular weight is 420 g/mol. The van der Waals surface area contributed by atoms with E-state index in [9.17, 15) is 12.8 Å². The molecule has 0 aliphatic carbocycles. The molecule has 1 fully saturated rings. The first kappa shape index (κ1) is 19.5. The van der Waals surface area contributed by atoms with E-state index >= 15 is 0 Å². The molecule has 0 N–H and O–H groups in total. The van der Waals surface area contributed by atoms with Crippen molar-refractivity contribution in [3.05, 3.63) is 42.0 Å². The fraction of sp³-hybridized carbons (Fsp3) is 0.389. The van der Waals surface area contributed by atoms with E-state index in [0.717, 1.165) is 17.7 Å². The summed E-state index contributed by atoms with van der Waals surface area (Å²) in [6.45, 7) is 3.48. The summed E-state index contributed by atoms with van der Waals surface area (Å²) in [4.78, 5) is 1.93. The summed E-state index contributed by atoms with van der Waals surface area (Å²) in [5, 5.41) is 12.8. The highest BCUT2D eigenvalue weighted by atomic mass is 32.2. The number of fused-ring (bicyclic) bond motifs is 1. The van der Waals surface area contributed by atoms with Gasteiger partial charge >= 0.3 is 0 Å². The minimum absolute atomic E-state index is 0.00989. The van der Waals surface area contributed by atoms with Gasteiger partial charge in [0.15, 0.2) is 23.0 Å². The number of rotatable bonds is 5. The number of methoxy groups -OCH3 is 1. The Morgan fingerprint density at radius 1 is 1.10 bits per heavy atom. The van der Waals surface area contributed by atoms with Crippen molar-refractivity contribution in [2.45, 2.75) is 18.2 Å². The van der Waals surface area contributed by atoms with E-state index in [-0.39, 0.29) is 23.7 Å². The zero-order valence-corrected chi connectivity index (χ0v) is 16.9. The largest absolute Gasteiger partial charge is 0.494 e. The molecule has 0 amide bonds. The maximum atomic E-state index is 14.0. The molecule has 2 aromatic heterocycles. The molecule has 0 bridgehead atoms. The van der Waals surface area contributed by atoms with Gasteiger partial charge in [0.05, 0.1) is 12.0 Å². The van der Waals surface area contributed by atoms with E-state index in [4.69, 9.17) is 4.74 Å². The Morgan fingerprint density at radius 3 is 2.52 bits per heavy atom. The lowest BCUT2D eigenvalue weighted by Crippen LogP contribution is -2.49. The van der Waals surface area contributed by atoms with Crippen molar-refractivity contribution < 1.29 is 17.5 Å². The van der Waals surface area contributed by atoms with Gasteiger partial charge in [0.1, 0.15) is 5.82 Å². The molecular formula is C18H21FN6O3S. The average Bonchev–Trinajstić information content (AvgIpc) is 3.16. The number of aryl methyl sites for hydroxylation is 1. The third kappa shape index (κ3) is 3.51. The molecule has 0 saturated carbocycles. The van der Waals surface area contributed by atoms with Gasteiger partial charge in [0.2, 0.25) is 10.0 Å². The molecule has 1 aromatic carbocycles. The van der Waals surface area contributed by atoms with E-state index < -0.39 is 15.8 Å². The second-order valence-electron chi connectivity index (χ2n) is 6.62. The molecule has 1 aliphatic rings. The topological polar surface area (TPSA) is 92.9 Å². The van der Waals surface area contributed by atoms with E-state index in [1.807, 2.05) is 24.0 Å². The van der Waals surface area contributed by atoms with Gasteiger partial charge in [-0.05, 0) is 30.3 Å². The number of anilines is 1. The fourth-order valence-corrected chi connectivity index (χ4v) is 4.76. The quantitative estimate of drug-likeness (QED) is 0.615. The minimum Gasteiger partial charge on any atom is -0.494 e. The molecule has 3 aromatic rings. The summed E-state index contributed by atoms with van der Waals surface area (Å²) in [7, 11) is -2.45. The zero-order valence-electron chi connectivity index (χ0n) is 16.1. The smallest absolute Gasteiger partial charge is 0.243 e. The van der Waals surface area contributed by atoms with Crippen LogP contribution in [0.15, 0.2) is 35.2 Å². The number of halogens is 1. The van der Waals surface area contributed by atoms with Crippen LogP contribution in [0.3, 0.4) is 0 Å². The van der Waals surface area contributed by atoms with Gasteiger partial charge in [-0.1, -0.05) is 6.92 Å². The molecule has 0 atom stereocenters. The summed E-state index contributed by atoms with van der Waals surface area (Å²) in [5.74, 6) is 0.810. The predicted molar refractivity (Wildman–Crippen MR) is 104 cm³/mol. The number of aromatic nitrogens is 4. The SMILES string of the molecule is CCc1nnc2ccc(N3CCN(S(=O)(=O)c4ccc(OC)c(F)c4)CC3)nn12. The van der Waals surface area contributed by atoms with Crippen LogP contribution >= 0.6 is 0 Å². The van der Waals surface area contributed by atoms with Crippen molar-refractivity contribution in [1.29, 1.82) is 0 Å². The van der Waals surface area contributed by atoms with Crippen LogP contribution in [0.1, 0.15) is 12.7 Å². The van der Waals surface area contributed by atoms with E-state index in [2.05, 4.69) is 15.3 Å². The molecule has 0 spiro atoms. The lowest BCUT2D eigenvalue weighted by atomic mass is 10.3. The molecule has 11 heteroatoms. The van der Waals surface area contributed by atoms with E-state index in [1.165, 1.54) is 23.5 Å². The first-order chi connectivity index (χ1) is 13.9. The van der Waals surface area contributed by atoms with Gasteiger partial charge in [-0.2, -0.15) is 8.82 Å². The van der Waals surface area contributed by atoms with Crippen molar-refractivity contribution in [2.75, 3.05) is 38.2 Å². The minimum atomic E-state index is -3.79. The fourth-order valence-electron chi connectivity index (χ4n) is 3.33. The summed E-state index contributed by atoms with van der Waals surface area (Å²) in [5.41, 5.74) is 0.674. The van der Waals surface area contributed by atoms with Gasteiger partial charge in [-0.25, -0.2) is 12.8 Å². The van der Waals surface area contributed by atoms with Crippen molar-refractivity contribution in [1.82, 2.24) is 24.1 Å². The molecular weight excluding hydrogens is 399 g/mol. The van der Waals surface area contributed by atoms with Crippen LogP contribution < -0.4 is 9.64 Å². The van der Waals surface area contributed by atoms with Crippen molar-refractivity contribution >= 4 is 21.5 Å². The van der Waals surface area contributed by atoms with Crippen molar-refractivity contribution in [2.24, 2.45) is 0 Å². The van der Waals surface area contributed by atoms with Gasteiger partial charge in [-0.15, -0.1) is 15.3 Å². The monoisotopic (exact) mass is 420 g/mol. The normalized spacial score (nSPS) is 15.8. The Kier molecular flexibility index (Phi) is 5.09. The highest BCUT2D eigenvalue weighted by Crippen LogP contribution is 2.24. The molecule has 4 rings (SSSR count). The van der Waals surface area contributed by atoms with Gasteiger partial charge in [-0.3, -0.25) is 0 Å². The van der Waals surface area contributed by atoms with Crippen LogP contribution in [0.2, 0.25) is 0 Å². The third-order valence-corrected chi connectivity index (χ3v) is 6.85. The Bertz CT molecular complexity index is 1140. The second kappa shape index (κ2) is 7.56. The van der Waals surface area contributed by atoms with Crippen LogP contribution in [-0.2, 0) is 16.4 Å². The maximum Gasteiger partial charge on any atom is 0.243 e. The molecule has 29 heavy (non-hydrogen) atoms. The summed E-state index contributed by atoms with van der Waals surface area (Å²) in [6, 6.07) is 7.37. The van der Waals surface area contributed by atoms with E-state index in [1.54, 1.807) is 4.52 Å². The number of hydrogen-bond acceptors (Lipinski definition) is 7.